The number of hydrogen-bond acceptors (Lipinski definition) is 3. The normalized spacial score (nSPS) is 10.2. The monoisotopic (exact) mass is 397 g/mol. The highest BCUT2D eigenvalue weighted by Crippen LogP contribution is 2.22. The summed E-state index contributed by atoms with van der Waals surface area (Å²) in [4.78, 5) is 4.17. The van der Waals surface area contributed by atoms with Crippen LogP contribution in [-0.2, 0) is 6.42 Å². The van der Waals surface area contributed by atoms with E-state index in [0.717, 1.165) is 4.47 Å². The highest BCUT2D eigenvalue weighted by atomic mass is 79.9. The largest absolute Gasteiger partial charge is 0.493 e. The lowest BCUT2D eigenvalue weighted by atomic mass is 10.1. The van der Waals surface area contributed by atoms with E-state index in [1.807, 2.05) is 19.1 Å². The van der Waals surface area contributed by atoms with Crippen LogP contribution in [-0.4, -0.2) is 23.2 Å². The molecule has 1 aromatic heterocycles. The molecule has 0 atom stereocenters. The number of benzene rings is 1. The maximum atomic E-state index is 13.9. The Bertz CT molecular complexity index is 684. The van der Waals surface area contributed by atoms with Crippen molar-refractivity contribution in [1.82, 2.24) is 10.3 Å². The van der Waals surface area contributed by atoms with Crippen molar-refractivity contribution in [3.8, 4) is 5.75 Å². The van der Waals surface area contributed by atoms with Gasteiger partial charge in [-0.15, -0.1) is 0 Å². The summed E-state index contributed by atoms with van der Waals surface area (Å²) < 4.78 is 20.2. The Hall–Kier alpha value is -1.73. The van der Waals surface area contributed by atoms with Crippen LogP contribution in [0.2, 0.25) is 0 Å². The van der Waals surface area contributed by atoms with E-state index in [-0.39, 0.29) is 5.82 Å². The molecule has 1 aromatic carbocycles. The minimum absolute atomic E-state index is 0.274. The summed E-state index contributed by atoms with van der Waals surface area (Å²) in [5.74, 6) is 0.927. The third kappa shape index (κ3) is 5.14. The van der Waals surface area contributed by atoms with Gasteiger partial charge in [0.25, 0.3) is 0 Å². The third-order valence-corrected chi connectivity index (χ3v) is 3.91. The molecular weight excluding hydrogens is 381 g/mol. The fraction of sp³-hybridized carbons (Fsp3) is 0.250. The van der Waals surface area contributed by atoms with Crippen molar-refractivity contribution in [3.05, 3.63) is 52.4 Å². The van der Waals surface area contributed by atoms with Gasteiger partial charge in [-0.25, -0.2) is 9.37 Å². The molecule has 0 unspecified atom stereocenters. The zero-order valence-electron chi connectivity index (χ0n) is 12.6. The number of thiocarbonyl (C=S) groups is 1. The summed E-state index contributed by atoms with van der Waals surface area (Å²) in [7, 11) is 0. The molecule has 0 radical (unpaired) electrons. The van der Waals surface area contributed by atoms with Crippen molar-refractivity contribution in [1.29, 1.82) is 0 Å². The third-order valence-electron chi connectivity index (χ3n) is 3.03. The number of pyridine rings is 1. The van der Waals surface area contributed by atoms with Crippen LogP contribution < -0.4 is 15.4 Å². The molecule has 0 saturated heterocycles. The maximum Gasteiger partial charge on any atom is 0.171 e. The van der Waals surface area contributed by atoms with E-state index in [9.17, 15) is 4.39 Å². The molecule has 1 heterocycles. The molecular formula is C16H17BrFN3OS. The summed E-state index contributed by atoms with van der Waals surface area (Å²) in [6.45, 7) is 2.85. The van der Waals surface area contributed by atoms with Gasteiger partial charge in [0.15, 0.2) is 5.11 Å². The Morgan fingerprint density at radius 3 is 2.91 bits per heavy atom. The van der Waals surface area contributed by atoms with Gasteiger partial charge in [-0.2, -0.15) is 0 Å². The summed E-state index contributed by atoms with van der Waals surface area (Å²) >= 11 is 8.61. The van der Waals surface area contributed by atoms with Crippen molar-refractivity contribution in [2.75, 3.05) is 18.5 Å². The fourth-order valence-electron chi connectivity index (χ4n) is 2.00. The molecule has 0 amide bonds. The number of nitrogens with one attached hydrogen (secondary N) is 2. The van der Waals surface area contributed by atoms with E-state index in [1.165, 1.54) is 6.07 Å². The Morgan fingerprint density at radius 2 is 2.17 bits per heavy atom. The zero-order valence-corrected chi connectivity index (χ0v) is 15.0. The fourth-order valence-corrected chi connectivity index (χ4v) is 2.56. The van der Waals surface area contributed by atoms with Crippen LogP contribution >= 0.6 is 28.1 Å². The molecule has 23 heavy (non-hydrogen) atoms. The number of nitrogens with zero attached hydrogens (tertiary/aromatic N) is 1. The lowest BCUT2D eigenvalue weighted by molar-refractivity contribution is 0.333. The number of hydrogen-bond donors (Lipinski definition) is 2. The van der Waals surface area contributed by atoms with Gasteiger partial charge >= 0.3 is 0 Å². The van der Waals surface area contributed by atoms with Gasteiger partial charge in [0.1, 0.15) is 17.4 Å². The van der Waals surface area contributed by atoms with Gasteiger partial charge in [-0.3, -0.25) is 0 Å². The molecule has 4 nitrogen and oxygen atoms in total. The van der Waals surface area contributed by atoms with Crippen molar-refractivity contribution < 1.29 is 9.13 Å². The van der Waals surface area contributed by atoms with Crippen molar-refractivity contribution in [2.45, 2.75) is 13.3 Å². The lowest BCUT2D eigenvalue weighted by Crippen LogP contribution is -2.30. The van der Waals surface area contributed by atoms with Crippen LogP contribution in [0.4, 0.5) is 10.2 Å². The molecule has 0 aliphatic carbocycles. The first-order valence-electron chi connectivity index (χ1n) is 7.17. The Morgan fingerprint density at radius 1 is 1.35 bits per heavy atom. The van der Waals surface area contributed by atoms with Gasteiger partial charge in [0.2, 0.25) is 0 Å². The van der Waals surface area contributed by atoms with Crippen LogP contribution in [0.15, 0.2) is 41.0 Å². The van der Waals surface area contributed by atoms with Crippen LogP contribution in [0.1, 0.15) is 12.5 Å². The highest BCUT2D eigenvalue weighted by molar-refractivity contribution is 9.10. The van der Waals surface area contributed by atoms with Gasteiger partial charge in [0.05, 0.1) is 11.1 Å². The standard InChI is InChI=1S/C16H17BrFN3OS/c1-2-22-14-7-3-6-13(18)11(14)8-10-20-16(23)21-15-12(17)5-4-9-19-15/h3-7,9H,2,8,10H2,1H3,(H2,19,20,21,23). The minimum Gasteiger partial charge on any atom is -0.493 e. The van der Waals surface area contributed by atoms with Crippen molar-refractivity contribution >= 4 is 39.1 Å². The van der Waals surface area contributed by atoms with Crippen LogP contribution in [0.3, 0.4) is 0 Å². The first-order chi connectivity index (χ1) is 11.1. The van der Waals surface area contributed by atoms with Gasteiger partial charge < -0.3 is 15.4 Å². The molecule has 2 rings (SSSR count). The maximum absolute atomic E-state index is 13.9. The van der Waals surface area contributed by atoms with E-state index in [2.05, 4.69) is 31.5 Å². The van der Waals surface area contributed by atoms with E-state index in [0.29, 0.717) is 41.8 Å². The average Bonchev–Trinajstić information content (AvgIpc) is 2.52. The zero-order chi connectivity index (χ0) is 16.7. The summed E-state index contributed by atoms with van der Waals surface area (Å²) in [5, 5.41) is 6.46. The Labute approximate surface area is 148 Å². The smallest absolute Gasteiger partial charge is 0.171 e. The van der Waals surface area contributed by atoms with Crippen LogP contribution in [0, 0.1) is 5.82 Å². The van der Waals surface area contributed by atoms with E-state index < -0.39 is 0 Å². The Balaban J connectivity index is 1.90. The van der Waals surface area contributed by atoms with Gasteiger partial charge in [-0.1, -0.05) is 6.07 Å². The second kappa shape index (κ2) is 8.79. The van der Waals surface area contributed by atoms with Gasteiger partial charge in [0, 0.05) is 18.3 Å². The predicted molar refractivity (Wildman–Crippen MR) is 97.4 cm³/mol. The second-order valence-electron chi connectivity index (χ2n) is 4.61. The number of ether oxygens (including phenoxy) is 1. The molecule has 0 bridgehead atoms. The summed E-state index contributed by atoms with van der Waals surface area (Å²) in [6, 6.07) is 8.52. The lowest BCUT2D eigenvalue weighted by Gasteiger charge is -2.13. The van der Waals surface area contributed by atoms with Crippen LogP contribution in [0.5, 0.6) is 5.75 Å². The number of rotatable bonds is 6. The predicted octanol–water partition coefficient (Wildman–Crippen LogP) is 3.91. The molecule has 0 fully saturated rings. The van der Waals surface area contributed by atoms with Crippen molar-refractivity contribution in [3.63, 3.8) is 0 Å². The van der Waals surface area contributed by atoms with Gasteiger partial charge in [-0.05, 0) is 65.8 Å². The molecule has 0 spiro atoms. The van der Waals surface area contributed by atoms with E-state index >= 15 is 0 Å². The molecule has 122 valence electrons. The molecule has 0 saturated carbocycles. The van der Waals surface area contributed by atoms with E-state index in [4.69, 9.17) is 17.0 Å². The number of halogens is 2. The quantitative estimate of drug-likeness (QED) is 0.723. The van der Waals surface area contributed by atoms with E-state index in [1.54, 1.807) is 18.3 Å². The SMILES string of the molecule is CCOc1cccc(F)c1CCNC(=S)Nc1ncccc1Br. The topological polar surface area (TPSA) is 46.2 Å². The Kier molecular flexibility index (Phi) is 6.73. The summed E-state index contributed by atoms with van der Waals surface area (Å²) in [5.41, 5.74) is 0.545. The molecule has 0 aliphatic heterocycles. The van der Waals surface area contributed by atoms with Crippen LogP contribution in [0.25, 0.3) is 0 Å². The molecule has 7 heteroatoms. The minimum atomic E-state index is -0.274. The number of anilines is 1. The second-order valence-corrected chi connectivity index (χ2v) is 5.88. The average molecular weight is 398 g/mol. The molecule has 2 N–H and O–H groups in total. The molecule has 0 aliphatic rings. The van der Waals surface area contributed by atoms with Crippen molar-refractivity contribution in [2.24, 2.45) is 0 Å². The first-order valence-corrected chi connectivity index (χ1v) is 8.37. The number of aromatic nitrogens is 1. The highest BCUT2D eigenvalue weighted by Gasteiger charge is 2.09. The summed E-state index contributed by atoms with van der Waals surface area (Å²) in [6.07, 6.45) is 2.14. The molecule has 2 aromatic rings. The first kappa shape index (κ1) is 17.6.